The van der Waals surface area contributed by atoms with Crippen LogP contribution in [0.25, 0.3) is 10.9 Å². The quantitative estimate of drug-likeness (QED) is 0.512. The van der Waals surface area contributed by atoms with Crippen LogP contribution >= 0.6 is 0 Å². The molecule has 1 aromatic carbocycles. The number of fused-ring (bicyclic) bond motifs is 1. The van der Waals surface area contributed by atoms with Gasteiger partial charge in [0.15, 0.2) is 0 Å². The van der Waals surface area contributed by atoms with Crippen LogP contribution in [0.2, 0.25) is 0 Å². The molecule has 0 bridgehead atoms. The van der Waals surface area contributed by atoms with Crippen molar-refractivity contribution < 1.29 is 9.45 Å². The van der Waals surface area contributed by atoms with E-state index in [1.165, 1.54) is 0 Å². The molecule has 0 amide bonds. The predicted octanol–water partition coefficient (Wildman–Crippen LogP) is 2.98. The van der Waals surface area contributed by atoms with E-state index in [-0.39, 0.29) is 16.5 Å². The van der Waals surface area contributed by atoms with Gasteiger partial charge < -0.3 is 14.3 Å². The maximum Gasteiger partial charge on any atom is 0.301 e. The van der Waals surface area contributed by atoms with E-state index in [0.717, 1.165) is 12.8 Å². The number of rotatable bonds is 4. The average molecular weight is 368 g/mol. The topological polar surface area (TPSA) is 101 Å². The molecule has 0 N–H and O–H groups in total. The first kappa shape index (κ1) is 17.2. The molecule has 4 rings (SSSR count). The SMILES string of the molecule is CN(C)c1noc(C2CCN(c3ccc4ncccc4c3[N+](=O)[O-])CC2)n1. The molecule has 140 valence electrons. The fraction of sp³-hybridized carbons (Fsp3) is 0.389. The summed E-state index contributed by atoms with van der Waals surface area (Å²) in [5, 5.41) is 16.3. The summed E-state index contributed by atoms with van der Waals surface area (Å²) in [5.41, 5.74) is 1.38. The second kappa shape index (κ2) is 6.82. The Morgan fingerprint density at radius 1 is 1.26 bits per heavy atom. The molecule has 9 heteroatoms. The van der Waals surface area contributed by atoms with Gasteiger partial charge in [0.05, 0.1) is 15.8 Å². The number of hydrogen-bond donors (Lipinski definition) is 0. The number of benzene rings is 1. The van der Waals surface area contributed by atoms with Crippen LogP contribution in [0.1, 0.15) is 24.7 Å². The highest BCUT2D eigenvalue weighted by Gasteiger charge is 2.29. The number of nitro benzene ring substituents is 1. The smallest absolute Gasteiger partial charge is 0.301 e. The van der Waals surface area contributed by atoms with Crippen LogP contribution in [0.4, 0.5) is 17.3 Å². The van der Waals surface area contributed by atoms with Crippen LogP contribution in [0.3, 0.4) is 0 Å². The molecule has 2 aromatic heterocycles. The fourth-order valence-electron chi connectivity index (χ4n) is 3.51. The minimum Gasteiger partial charge on any atom is -0.366 e. The number of pyridine rings is 1. The first-order chi connectivity index (χ1) is 13.0. The second-order valence-corrected chi connectivity index (χ2v) is 6.85. The minimum absolute atomic E-state index is 0.117. The van der Waals surface area contributed by atoms with Gasteiger partial charge in [0, 0.05) is 39.3 Å². The lowest BCUT2D eigenvalue weighted by Crippen LogP contribution is -2.33. The van der Waals surface area contributed by atoms with E-state index in [4.69, 9.17) is 4.52 Å². The van der Waals surface area contributed by atoms with Crippen molar-refractivity contribution in [2.75, 3.05) is 37.0 Å². The van der Waals surface area contributed by atoms with E-state index < -0.39 is 0 Å². The van der Waals surface area contributed by atoms with Crippen molar-refractivity contribution in [3.63, 3.8) is 0 Å². The normalized spacial score (nSPS) is 15.3. The summed E-state index contributed by atoms with van der Waals surface area (Å²) >= 11 is 0. The zero-order valence-electron chi connectivity index (χ0n) is 15.2. The lowest BCUT2D eigenvalue weighted by Gasteiger charge is -2.32. The number of piperidine rings is 1. The van der Waals surface area contributed by atoms with Gasteiger partial charge in [0.2, 0.25) is 5.89 Å². The Morgan fingerprint density at radius 3 is 2.70 bits per heavy atom. The van der Waals surface area contributed by atoms with Crippen molar-refractivity contribution >= 4 is 28.2 Å². The van der Waals surface area contributed by atoms with E-state index in [0.29, 0.717) is 41.5 Å². The summed E-state index contributed by atoms with van der Waals surface area (Å²) < 4.78 is 5.39. The van der Waals surface area contributed by atoms with Crippen LogP contribution in [0.5, 0.6) is 0 Å². The van der Waals surface area contributed by atoms with E-state index in [1.54, 1.807) is 29.3 Å². The monoisotopic (exact) mass is 368 g/mol. The van der Waals surface area contributed by atoms with Gasteiger partial charge in [0.1, 0.15) is 5.69 Å². The first-order valence-corrected chi connectivity index (χ1v) is 8.82. The third-order valence-electron chi connectivity index (χ3n) is 4.93. The van der Waals surface area contributed by atoms with Crippen molar-refractivity contribution in [3.8, 4) is 0 Å². The number of nitrogens with zero attached hydrogens (tertiary/aromatic N) is 6. The van der Waals surface area contributed by atoms with E-state index >= 15 is 0 Å². The van der Waals surface area contributed by atoms with Gasteiger partial charge in [-0.3, -0.25) is 15.1 Å². The molecule has 0 spiro atoms. The number of nitro groups is 1. The average Bonchev–Trinajstić information content (AvgIpc) is 3.17. The summed E-state index contributed by atoms with van der Waals surface area (Å²) in [6, 6.07) is 7.11. The predicted molar refractivity (Wildman–Crippen MR) is 101 cm³/mol. The van der Waals surface area contributed by atoms with Gasteiger partial charge in [-0.25, -0.2) is 0 Å². The molecule has 1 aliphatic rings. The maximum absolute atomic E-state index is 11.7. The summed E-state index contributed by atoms with van der Waals surface area (Å²) in [6.45, 7) is 1.38. The van der Waals surface area contributed by atoms with Crippen molar-refractivity contribution in [1.29, 1.82) is 0 Å². The van der Waals surface area contributed by atoms with Crippen molar-refractivity contribution in [2.45, 2.75) is 18.8 Å². The molecular formula is C18H20N6O3. The van der Waals surface area contributed by atoms with Crippen LogP contribution in [0, 0.1) is 10.1 Å². The molecule has 0 radical (unpaired) electrons. The molecule has 3 heterocycles. The molecular weight excluding hydrogens is 348 g/mol. The highest BCUT2D eigenvalue weighted by Crippen LogP contribution is 2.38. The summed E-state index contributed by atoms with van der Waals surface area (Å²) in [7, 11) is 3.73. The van der Waals surface area contributed by atoms with Crippen LogP contribution in [-0.4, -0.2) is 47.2 Å². The van der Waals surface area contributed by atoms with Crippen LogP contribution in [0.15, 0.2) is 35.0 Å². The lowest BCUT2D eigenvalue weighted by molar-refractivity contribution is -0.382. The third kappa shape index (κ3) is 3.16. The van der Waals surface area contributed by atoms with E-state index in [1.807, 2.05) is 20.2 Å². The van der Waals surface area contributed by atoms with Crippen molar-refractivity contribution in [2.24, 2.45) is 0 Å². The molecule has 0 atom stereocenters. The van der Waals surface area contributed by atoms with Crippen LogP contribution in [-0.2, 0) is 0 Å². The Kier molecular flexibility index (Phi) is 4.35. The van der Waals surface area contributed by atoms with E-state index in [2.05, 4.69) is 20.0 Å². The number of hydrogen-bond acceptors (Lipinski definition) is 8. The molecule has 27 heavy (non-hydrogen) atoms. The van der Waals surface area contributed by atoms with E-state index in [9.17, 15) is 10.1 Å². The van der Waals surface area contributed by atoms with Gasteiger partial charge in [0.25, 0.3) is 5.95 Å². The zero-order valence-corrected chi connectivity index (χ0v) is 15.2. The fourth-order valence-corrected chi connectivity index (χ4v) is 3.51. The maximum atomic E-state index is 11.7. The van der Waals surface area contributed by atoms with Gasteiger partial charge in [-0.2, -0.15) is 4.98 Å². The first-order valence-electron chi connectivity index (χ1n) is 8.82. The molecule has 1 aliphatic heterocycles. The Bertz CT molecular complexity index is 978. The van der Waals surface area contributed by atoms with Crippen molar-refractivity contribution in [1.82, 2.24) is 15.1 Å². The van der Waals surface area contributed by atoms with Gasteiger partial charge >= 0.3 is 5.69 Å². The molecule has 0 saturated carbocycles. The Balaban J connectivity index is 1.57. The summed E-state index contributed by atoms with van der Waals surface area (Å²) in [6.07, 6.45) is 3.25. The molecule has 3 aromatic rings. The van der Waals surface area contributed by atoms with Gasteiger partial charge in [-0.1, -0.05) is 0 Å². The molecule has 0 aliphatic carbocycles. The Morgan fingerprint density at radius 2 is 2.04 bits per heavy atom. The highest BCUT2D eigenvalue weighted by atomic mass is 16.6. The Hall–Kier alpha value is -3.23. The summed E-state index contributed by atoms with van der Waals surface area (Å²) in [5.74, 6) is 1.37. The van der Waals surface area contributed by atoms with Gasteiger partial charge in [-0.15, -0.1) is 0 Å². The zero-order chi connectivity index (χ0) is 19.0. The third-order valence-corrected chi connectivity index (χ3v) is 4.93. The highest BCUT2D eigenvalue weighted by molar-refractivity contribution is 5.94. The van der Waals surface area contributed by atoms with Crippen LogP contribution < -0.4 is 9.80 Å². The summed E-state index contributed by atoms with van der Waals surface area (Å²) in [4.78, 5) is 23.9. The minimum atomic E-state index is -0.313. The van der Waals surface area contributed by atoms with Crippen molar-refractivity contribution in [3.05, 3.63) is 46.5 Å². The molecule has 1 saturated heterocycles. The standard InChI is InChI=1S/C18H20N6O3/c1-22(2)18-20-17(27-21-18)12-7-10-23(11-8-12)15-6-5-14-13(4-3-9-19-14)16(15)24(25)26/h3-6,9,12H,7-8,10-11H2,1-2H3. The number of anilines is 2. The molecule has 1 fully saturated rings. The number of aromatic nitrogens is 3. The second-order valence-electron chi connectivity index (χ2n) is 6.85. The lowest BCUT2D eigenvalue weighted by atomic mass is 9.96. The molecule has 9 nitrogen and oxygen atoms in total. The van der Waals surface area contributed by atoms with Gasteiger partial charge in [-0.05, 0) is 42.3 Å². The Labute approximate surface area is 155 Å². The largest absolute Gasteiger partial charge is 0.366 e. The molecule has 0 unspecified atom stereocenters.